The molecule has 0 N–H and O–H groups in total. The summed E-state index contributed by atoms with van der Waals surface area (Å²) in [6, 6.07) is 11.7. The van der Waals surface area contributed by atoms with Gasteiger partial charge in [0.2, 0.25) is 0 Å². The lowest BCUT2D eigenvalue weighted by molar-refractivity contribution is 0.112. The molecular weight excluding hydrogens is 748 g/mol. The van der Waals surface area contributed by atoms with E-state index in [2.05, 4.69) is 74.7 Å². The van der Waals surface area contributed by atoms with E-state index in [1.165, 1.54) is 27.1 Å². The zero-order valence-electron chi connectivity index (χ0n) is 22.2. The van der Waals surface area contributed by atoms with E-state index >= 15 is 0 Å². The van der Waals surface area contributed by atoms with Gasteiger partial charge in [-0.3, -0.25) is 13.8 Å². The van der Waals surface area contributed by atoms with Crippen molar-refractivity contribution in [1.82, 2.24) is 0 Å². The quantitative estimate of drug-likeness (QED) is 0.136. The molecule has 3 aromatic heterocycles. The fourth-order valence-corrected chi connectivity index (χ4v) is 4.38. The molecule has 0 saturated carbocycles. The molecule has 0 spiro atoms. The van der Waals surface area contributed by atoms with Gasteiger partial charge in [0.05, 0.1) is 29.5 Å². The molecule has 218 valence electrons. The van der Waals surface area contributed by atoms with Gasteiger partial charge in [0, 0.05) is 13.2 Å². The van der Waals surface area contributed by atoms with E-state index in [0.717, 1.165) is 60.6 Å². The molecule has 4 heterocycles. The van der Waals surface area contributed by atoms with E-state index in [0.29, 0.717) is 0 Å². The molecule has 1 aliphatic rings. The van der Waals surface area contributed by atoms with Crippen molar-refractivity contribution in [1.29, 1.82) is 0 Å². The van der Waals surface area contributed by atoms with E-state index in [4.69, 9.17) is 15.6 Å². The number of carbonyl (C=O) groups is 1. The number of rotatable bonds is 7. The number of aldehydes is 1. The predicted molar refractivity (Wildman–Crippen MR) is 175 cm³/mol. The lowest BCUT2D eigenvalue weighted by Crippen LogP contribution is -1.91. The van der Waals surface area contributed by atoms with Crippen LogP contribution in [0.5, 0.6) is 10.1 Å². The molecule has 1 fully saturated rings. The van der Waals surface area contributed by atoms with Crippen LogP contribution in [0.1, 0.15) is 50.6 Å². The van der Waals surface area contributed by atoms with Gasteiger partial charge in [0.25, 0.3) is 0 Å². The average Bonchev–Trinajstić information content (AvgIpc) is 3.71. The molecule has 0 unspecified atom stereocenters. The standard InChI is InChI=1S/C8H10O2S.C7H10OS.C4H3IS.C4H8O.CH3F.Cl3OP/c1-2-5-10-8-4-3-7(6-9)11-8;1-2-5-8-7-4-3-6-9-7;5-4-2-1-3-6-4;1-2-4-5-3-1;1-2;1-5(2,3)4/h3-4,6H,2,5H2,1H3;3-4,6H,2,5H2,1H3;1-3H;1-4H2;1H3;/i;;;;1D;. The molecule has 1 saturated heterocycles. The lowest BCUT2D eigenvalue weighted by atomic mass is 10.4. The molecular formula is C24H34Cl3FIO5PS3. The van der Waals surface area contributed by atoms with E-state index in [-0.39, 0.29) is 0 Å². The number of carbonyl (C=O) groups excluding carboxylic acids is 1. The third-order valence-corrected chi connectivity index (χ3v) is 6.90. The summed E-state index contributed by atoms with van der Waals surface area (Å²) in [7, 11) is -1.00. The molecule has 14 heteroatoms. The van der Waals surface area contributed by atoms with Crippen LogP contribution in [0.2, 0.25) is 0 Å². The van der Waals surface area contributed by atoms with Gasteiger partial charge in [0.1, 0.15) is 0 Å². The summed E-state index contributed by atoms with van der Waals surface area (Å²) < 4.78 is 41.9. The van der Waals surface area contributed by atoms with Crippen molar-refractivity contribution in [3.05, 3.63) is 54.9 Å². The van der Waals surface area contributed by atoms with Gasteiger partial charge >= 0.3 is 5.20 Å². The second kappa shape index (κ2) is 28.6. The Morgan fingerprint density at radius 2 is 1.55 bits per heavy atom. The molecule has 0 aromatic carbocycles. The van der Waals surface area contributed by atoms with Crippen molar-refractivity contribution in [3.63, 3.8) is 0 Å². The zero-order chi connectivity index (χ0) is 29.8. The maximum atomic E-state index is 10.2. The first-order valence-corrected chi connectivity index (χ1v) is 19.3. The van der Waals surface area contributed by atoms with Crippen LogP contribution in [0.15, 0.2) is 47.2 Å². The Labute approximate surface area is 267 Å². The van der Waals surface area contributed by atoms with Gasteiger partial charge in [0.15, 0.2) is 16.4 Å². The molecule has 0 atom stereocenters. The Bertz CT molecular complexity index is 931. The summed E-state index contributed by atoms with van der Waals surface area (Å²) in [6.07, 6.45) is 5.47. The number of halogens is 5. The number of ether oxygens (including phenoxy) is 3. The number of alkyl halides is 1. The van der Waals surface area contributed by atoms with Crippen molar-refractivity contribution in [2.75, 3.05) is 33.6 Å². The minimum Gasteiger partial charge on any atom is -0.484 e. The van der Waals surface area contributed by atoms with E-state index < -0.39 is 12.4 Å². The minimum absolute atomic E-state index is 0.719. The number of thiophene rings is 3. The van der Waals surface area contributed by atoms with Crippen LogP contribution in [0.4, 0.5) is 4.39 Å². The first-order valence-electron chi connectivity index (χ1n) is 12.0. The van der Waals surface area contributed by atoms with Gasteiger partial charge < -0.3 is 14.2 Å². The Kier molecular flexibility index (Phi) is 28.7. The van der Waals surface area contributed by atoms with E-state index in [1.807, 2.05) is 36.6 Å². The number of hydrogen-bond donors (Lipinski definition) is 0. The van der Waals surface area contributed by atoms with Crippen molar-refractivity contribution in [3.8, 4) is 10.1 Å². The molecule has 5 nitrogen and oxygen atoms in total. The molecule has 1 aliphatic heterocycles. The SMILES string of the molecule is C1CCOC1.CCCOc1ccc(C=O)s1.CCCOc1cccs1.Ic1cccs1.O=P(Cl)(Cl)Cl.[2H]CF. The van der Waals surface area contributed by atoms with Gasteiger partial charge in [-0.25, -0.2) is 0 Å². The fourth-order valence-electron chi connectivity index (χ4n) is 2.00. The highest BCUT2D eigenvalue weighted by molar-refractivity contribution is 14.1. The molecule has 0 radical (unpaired) electrons. The van der Waals surface area contributed by atoms with Crippen molar-refractivity contribution >= 4 is 102 Å². The monoisotopic (exact) mass is 781 g/mol. The highest BCUT2D eigenvalue weighted by Crippen LogP contribution is 2.61. The summed E-state index contributed by atoms with van der Waals surface area (Å²) in [4.78, 5) is 11.0. The Morgan fingerprint density at radius 1 is 1.03 bits per heavy atom. The summed E-state index contributed by atoms with van der Waals surface area (Å²) in [6.45, 7) is 7.71. The summed E-state index contributed by atoms with van der Waals surface area (Å²) in [5.74, 6) is 0. The van der Waals surface area contributed by atoms with Crippen LogP contribution in [-0.2, 0) is 9.30 Å². The maximum Gasteiger partial charge on any atom is 0.339 e. The van der Waals surface area contributed by atoms with Crippen LogP contribution in [0, 0.1) is 2.88 Å². The average molecular weight is 783 g/mol. The molecule has 0 bridgehead atoms. The molecule has 0 aliphatic carbocycles. The van der Waals surface area contributed by atoms with Crippen LogP contribution in [0.3, 0.4) is 0 Å². The lowest BCUT2D eigenvalue weighted by Gasteiger charge is -1.97. The molecule has 38 heavy (non-hydrogen) atoms. The van der Waals surface area contributed by atoms with Crippen molar-refractivity contribution in [2.45, 2.75) is 39.5 Å². The van der Waals surface area contributed by atoms with E-state index in [1.54, 1.807) is 28.7 Å². The van der Waals surface area contributed by atoms with Crippen LogP contribution in [0.25, 0.3) is 0 Å². The molecule has 0 amide bonds. The molecule has 4 rings (SSSR count). The summed E-state index contributed by atoms with van der Waals surface area (Å²) >= 11 is 20.9. The van der Waals surface area contributed by atoms with Crippen molar-refractivity contribution < 1.29 is 29.3 Å². The summed E-state index contributed by atoms with van der Waals surface area (Å²) in [5, 5.41) is 2.72. The largest absolute Gasteiger partial charge is 0.484 e. The Hall–Kier alpha value is 0.0900. The zero-order valence-corrected chi connectivity index (χ0v) is 28.9. The molecule has 3 aromatic rings. The van der Waals surface area contributed by atoms with Gasteiger partial charge in [-0.2, -0.15) is 0 Å². The number of hydrogen-bond acceptors (Lipinski definition) is 8. The highest BCUT2D eigenvalue weighted by atomic mass is 127. The van der Waals surface area contributed by atoms with Crippen LogP contribution < -0.4 is 9.47 Å². The summed E-state index contributed by atoms with van der Waals surface area (Å²) in [5.41, 5.74) is 0. The maximum absolute atomic E-state index is 10.2. The van der Waals surface area contributed by atoms with Crippen LogP contribution >= 0.6 is 95.5 Å². The van der Waals surface area contributed by atoms with Crippen LogP contribution in [-0.4, -0.2) is 39.9 Å². The van der Waals surface area contributed by atoms with Gasteiger partial charge in [-0.15, -0.1) is 22.7 Å². The fraction of sp³-hybridized carbons (Fsp3) is 0.458. The normalized spacial score (nSPS) is 11.6. The first kappa shape index (κ1) is 38.1. The second-order valence-corrected chi connectivity index (χ2v) is 18.0. The van der Waals surface area contributed by atoms with Crippen molar-refractivity contribution in [2.24, 2.45) is 0 Å². The third kappa shape index (κ3) is 30.6. The topological polar surface area (TPSA) is 61.8 Å². The Balaban J connectivity index is 0. The smallest absolute Gasteiger partial charge is 0.339 e. The highest BCUT2D eigenvalue weighted by Gasteiger charge is 2.03. The second-order valence-electron chi connectivity index (χ2n) is 6.54. The first-order chi connectivity index (χ1) is 18.6. The van der Waals surface area contributed by atoms with E-state index in [9.17, 15) is 13.8 Å². The predicted octanol–water partition coefficient (Wildman–Crippen LogP) is 11.4. The van der Waals surface area contributed by atoms with Gasteiger partial charge in [-0.05, 0) is 123 Å². The minimum atomic E-state index is -3.22. The van der Waals surface area contributed by atoms with Gasteiger partial charge in [-0.1, -0.05) is 31.3 Å². The Morgan fingerprint density at radius 3 is 1.87 bits per heavy atom. The third-order valence-electron chi connectivity index (χ3n) is 3.42.